The van der Waals surface area contributed by atoms with Crippen molar-refractivity contribution in [1.29, 1.82) is 0 Å². The van der Waals surface area contributed by atoms with E-state index in [2.05, 4.69) is 31.8 Å². The maximum Gasteiger partial charge on any atom is 0.333 e. The van der Waals surface area contributed by atoms with Crippen molar-refractivity contribution in [3.05, 3.63) is 61.0 Å². The number of fused-ring (bicyclic) bond motifs is 1. The molecule has 3 aromatic rings. The van der Waals surface area contributed by atoms with Gasteiger partial charge in [-0.25, -0.2) is 14.3 Å². The molecule has 0 saturated carbocycles. The summed E-state index contributed by atoms with van der Waals surface area (Å²) in [6.07, 6.45) is 8.79. The molecule has 0 amide bonds. The molecule has 132 valence electrons. The largest absolute Gasteiger partial charge is 0.395 e. The monoisotopic (exact) mass is 414 g/mol. The number of aliphatic hydroxyl groups is 1. The van der Waals surface area contributed by atoms with Crippen LogP contribution >= 0.6 is 15.9 Å². The van der Waals surface area contributed by atoms with Gasteiger partial charge in [0.05, 0.1) is 19.7 Å². The Hall–Kier alpha value is -2.89. The molecule has 2 aromatic heterocycles. The molecule has 2 N–H and O–H groups in total. The molecule has 26 heavy (non-hydrogen) atoms. The van der Waals surface area contributed by atoms with Crippen LogP contribution in [0, 0.1) is 12.3 Å². The topological polar surface area (TPSA) is 92.9 Å². The van der Waals surface area contributed by atoms with Gasteiger partial charge in [0.15, 0.2) is 5.65 Å². The molecule has 0 spiro atoms. The van der Waals surface area contributed by atoms with Gasteiger partial charge < -0.3 is 10.1 Å². The molecule has 3 rings (SSSR count). The SMILES string of the molecule is C#CCn1c(=O)c2[nH]c(/C=C/c3cccc(Br)c3)nc2n(CCO)c1=O. The van der Waals surface area contributed by atoms with E-state index in [9.17, 15) is 14.7 Å². The first-order chi connectivity index (χ1) is 12.5. The van der Waals surface area contributed by atoms with Gasteiger partial charge in [0.2, 0.25) is 0 Å². The Labute approximate surface area is 156 Å². The van der Waals surface area contributed by atoms with Gasteiger partial charge in [-0.1, -0.05) is 40.1 Å². The summed E-state index contributed by atoms with van der Waals surface area (Å²) in [5.74, 6) is 2.71. The lowest BCUT2D eigenvalue weighted by Crippen LogP contribution is -2.40. The highest BCUT2D eigenvalue weighted by Gasteiger charge is 2.15. The van der Waals surface area contributed by atoms with Crippen molar-refractivity contribution in [2.24, 2.45) is 0 Å². The zero-order valence-corrected chi connectivity index (χ0v) is 15.2. The third kappa shape index (κ3) is 3.40. The van der Waals surface area contributed by atoms with E-state index >= 15 is 0 Å². The van der Waals surface area contributed by atoms with Crippen LogP contribution in [0.25, 0.3) is 23.3 Å². The van der Waals surface area contributed by atoms with E-state index in [4.69, 9.17) is 6.42 Å². The highest BCUT2D eigenvalue weighted by atomic mass is 79.9. The van der Waals surface area contributed by atoms with E-state index in [1.54, 1.807) is 6.08 Å². The summed E-state index contributed by atoms with van der Waals surface area (Å²) in [6.45, 7) is -0.402. The lowest BCUT2D eigenvalue weighted by atomic mass is 10.2. The summed E-state index contributed by atoms with van der Waals surface area (Å²) < 4.78 is 3.12. The maximum atomic E-state index is 12.5. The highest BCUT2D eigenvalue weighted by molar-refractivity contribution is 9.10. The first kappa shape index (κ1) is 17.9. The molecule has 0 unspecified atom stereocenters. The Balaban J connectivity index is 2.14. The number of nitrogens with zero attached hydrogens (tertiary/aromatic N) is 3. The van der Waals surface area contributed by atoms with Crippen LogP contribution in [0.3, 0.4) is 0 Å². The van der Waals surface area contributed by atoms with Gasteiger partial charge in [0.1, 0.15) is 11.3 Å². The van der Waals surface area contributed by atoms with Gasteiger partial charge in [-0.3, -0.25) is 9.36 Å². The molecular weight excluding hydrogens is 400 g/mol. The number of hydrogen-bond acceptors (Lipinski definition) is 4. The molecule has 1 aromatic carbocycles. The summed E-state index contributed by atoms with van der Waals surface area (Å²) in [7, 11) is 0. The van der Waals surface area contributed by atoms with Crippen LogP contribution in [0.15, 0.2) is 38.3 Å². The van der Waals surface area contributed by atoms with E-state index < -0.39 is 11.2 Å². The normalized spacial score (nSPS) is 11.3. The second-order valence-electron chi connectivity index (χ2n) is 5.46. The van der Waals surface area contributed by atoms with Gasteiger partial charge >= 0.3 is 5.69 Å². The average molecular weight is 415 g/mol. The Bertz CT molecular complexity index is 1150. The lowest BCUT2D eigenvalue weighted by Gasteiger charge is -2.07. The molecule has 2 heterocycles. The van der Waals surface area contributed by atoms with Crippen LogP contribution in [0.5, 0.6) is 0 Å². The second kappa shape index (κ2) is 7.56. The zero-order chi connectivity index (χ0) is 18.7. The Morgan fingerprint density at radius 1 is 1.31 bits per heavy atom. The third-order valence-corrected chi connectivity index (χ3v) is 4.23. The van der Waals surface area contributed by atoms with E-state index in [0.717, 1.165) is 14.6 Å². The summed E-state index contributed by atoms with van der Waals surface area (Å²) in [5.41, 5.74) is 0.172. The van der Waals surface area contributed by atoms with Gasteiger partial charge in [0.25, 0.3) is 5.56 Å². The number of halogens is 1. The molecule has 0 radical (unpaired) electrons. The predicted octanol–water partition coefficient (Wildman–Crippen LogP) is 1.44. The number of aromatic nitrogens is 4. The Morgan fingerprint density at radius 2 is 2.12 bits per heavy atom. The number of aromatic amines is 1. The maximum absolute atomic E-state index is 12.5. The number of benzene rings is 1. The van der Waals surface area contributed by atoms with Crippen LogP contribution in [0.4, 0.5) is 0 Å². The summed E-state index contributed by atoms with van der Waals surface area (Å²) in [6, 6.07) is 7.67. The van der Waals surface area contributed by atoms with Crippen molar-refractivity contribution in [3.8, 4) is 12.3 Å². The number of nitrogens with one attached hydrogen (secondary N) is 1. The van der Waals surface area contributed by atoms with Gasteiger partial charge in [0, 0.05) is 4.47 Å². The molecule has 8 heteroatoms. The third-order valence-electron chi connectivity index (χ3n) is 3.73. The minimum Gasteiger partial charge on any atom is -0.395 e. The number of imidazole rings is 1. The number of rotatable bonds is 5. The van der Waals surface area contributed by atoms with E-state index in [1.807, 2.05) is 30.3 Å². The molecule has 0 fully saturated rings. The molecule has 7 nitrogen and oxygen atoms in total. The average Bonchev–Trinajstić information content (AvgIpc) is 3.05. The smallest absolute Gasteiger partial charge is 0.333 e. The van der Waals surface area contributed by atoms with Crippen molar-refractivity contribution in [3.63, 3.8) is 0 Å². The number of hydrogen-bond donors (Lipinski definition) is 2. The first-order valence-electron chi connectivity index (χ1n) is 7.76. The van der Waals surface area contributed by atoms with Gasteiger partial charge in [-0.05, 0) is 23.8 Å². The second-order valence-corrected chi connectivity index (χ2v) is 6.38. The first-order valence-corrected chi connectivity index (χ1v) is 8.55. The van der Waals surface area contributed by atoms with Crippen LogP contribution < -0.4 is 11.2 Å². The number of aliphatic hydroxyl groups excluding tert-OH is 1. The lowest BCUT2D eigenvalue weighted by molar-refractivity contribution is 0.274. The number of terminal acetylenes is 1. The summed E-state index contributed by atoms with van der Waals surface area (Å²) in [4.78, 5) is 32.2. The summed E-state index contributed by atoms with van der Waals surface area (Å²) >= 11 is 3.40. The van der Waals surface area contributed by atoms with Gasteiger partial charge in [-0.2, -0.15) is 0 Å². The van der Waals surface area contributed by atoms with Crippen molar-refractivity contribution in [2.75, 3.05) is 6.61 Å². The van der Waals surface area contributed by atoms with Crippen LogP contribution in [0.2, 0.25) is 0 Å². The Kier molecular flexibility index (Phi) is 5.21. The fourth-order valence-electron chi connectivity index (χ4n) is 2.58. The van der Waals surface area contributed by atoms with Crippen LogP contribution in [-0.4, -0.2) is 30.8 Å². The fourth-order valence-corrected chi connectivity index (χ4v) is 3.00. The Morgan fingerprint density at radius 3 is 2.81 bits per heavy atom. The van der Waals surface area contributed by atoms with Crippen molar-refractivity contribution < 1.29 is 5.11 Å². The summed E-state index contributed by atoms with van der Waals surface area (Å²) in [5, 5.41) is 9.23. The quantitative estimate of drug-likeness (QED) is 0.617. The van der Waals surface area contributed by atoms with Crippen LogP contribution in [-0.2, 0) is 13.1 Å². The van der Waals surface area contributed by atoms with Crippen molar-refractivity contribution in [2.45, 2.75) is 13.1 Å². The molecule has 0 aliphatic heterocycles. The van der Waals surface area contributed by atoms with E-state index in [-0.39, 0.29) is 30.9 Å². The highest BCUT2D eigenvalue weighted by Crippen LogP contribution is 2.14. The molecule has 0 aliphatic rings. The van der Waals surface area contributed by atoms with Crippen LogP contribution in [0.1, 0.15) is 11.4 Å². The standard InChI is InChI=1S/C18H15BrN4O3/c1-2-8-23-17(25)15-16(22(9-10-24)18(23)26)21-14(20-15)7-6-12-4-3-5-13(19)11-12/h1,3-7,11,24H,8-10H2,(H,20,21)/b7-6+. The molecular formula is C18H15BrN4O3. The zero-order valence-electron chi connectivity index (χ0n) is 13.6. The van der Waals surface area contributed by atoms with E-state index in [1.165, 1.54) is 4.57 Å². The predicted molar refractivity (Wildman–Crippen MR) is 104 cm³/mol. The molecule has 0 aliphatic carbocycles. The molecule has 0 bridgehead atoms. The number of H-pyrrole nitrogens is 1. The minimum atomic E-state index is -0.594. The molecule has 0 saturated heterocycles. The molecule has 0 atom stereocenters. The fraction of sp³-hybridized carbons (Fsp3) is 0.167. The van der Waals surface area contributed by atoms with E-state index in [0.29, 0.717) is 5.82 Å². The van der Waals surface area contributed by atoms with Crippen molar-refractivity contribution in [1.82, 2.24) is 19.1 Å². The van der Waals surface area contributed by atoms with Gasteiger partial charge in [-0.15, -0.1) is 6.42 Å². The minimum absolute atomic E-state index is 0.0137. The van der Waals surface area contributed by atoms with Crippen molar-refractivity contribution >= 4 is 39.2 Å².